The maximum absolute atomic E-state index is 11.7. The van der Waals surface area contributed by atoms with E-state index >= 15 is 0 Å². The molecule has 5 heteroatoms. The number of urea groups is 1. The fourth-order valence-corrected chi connectivity index (χ4v) is 2.25. The van der Waals surface area contributed by atoms with Crippen molar-refractivity contribution in [3.05, 3.63) is 29.8 Å². The lowest BCUT2D eigenvalue weighted by atomic mass is 9.93. The maximum Gasteiger partial charge on any atom is 0.315 e. The van der Waals surface area contributed by atoms with E-state index in [1.807, 2.05) is 0 Å². The molecule has 0 bridgehead atoms. The Morgan fingerprint density at radius 2 is 1.79 bits per heavy atom. The van der Waals surface area contributed by atoms with Crippen molar-refractivity contribution in [2.24, 2.45) is 0 Å². The van der Waals surface area contributed by atoms with Crippen LogP contribution in [0.25, 0.3) is 0 Å². The maximum atomic E-state index is 11.7. The Hall–Kier alpha value is -1.75. The molecule has 1 aliphatic rings. The van der Waals surface area contributed by atoms with Gasteiger partial charge in [-0.1, -0.05) is 12.1 Å². The highest BCUT2D eigenvalue weighted by atomic mass is 16.3. The molecule has 0 saturated heterocycles. The van der Waals surface area contributed by atoms with Gasteiger partial charge in [0.25, 0.3) is 0 Å². The molecule has 0 unspecified atom stereocenters. The second-order valence-electron chi connectivity index (χ2n) is 5.00. The van der Waals surface area contributed by atoms with E-state index in [9.17, 15) is 9.90 Å². The van der Waals surface area contributed by atoms with E-state index in [0.717, 1.165) is 31.2 Å². The average Bonchev–Trinajstić information content (AvgIpc) is 2.41. The lowest BCUT2D eigenvalue weighted by molar-refractivity contribution is 0.117. The summed E-state index contributed by atoms with van der Waals surface area (Å²) in [7, 11) is 0. The first-order chi connectivity index (χ1) is 9.13. The minimum Gasteiger partial charge on any atom is -0.508 e. The summed E-state index contributed by atoms with van der Waals surface area (Å²) >= 11 is 0. The van der Waals surface area contributed by atoms with Crippen molar-refractivity contribution in [3.63, 3.8) is 0 Å². The molecular weight excluding hydrogens is 244 g/mol. The molecule has 1 aromatic carbocycles. The number of phenolic OH excluding ortho intramolecular Hbond substituents is 1. The normalized spacial score (nSPS) is 22.8. The highest BCUT2D eigenvalue weighted by Gasteiger charge is 2.20. The Balaban J connectivity index is 1.71. The second-order valence-corrected chi connectivity index (χ2v) is 5.00. The van der Waals surface area contributed by atoms with Gasteiger partial charge in [-0.2, -0.15) is 0 Å². The van der Waals surface area contributed by atoms with E-state index in [0.29, 0.717) is 6.54 Å². The van der Waals surface area contributed by atoms with E-state index in [-0.39, 0.29) is 23.9 Å². The van der Waals surface area contributed by atoms with Gasteiger partial charge in [-0.05, 0) is 43.4 Å². The highest BCUT2D eigenvalue weighted by Crippen LogP contribution is 2.18. The van der Waals surface area contributed by atoms with Crippen molar-refractivity contribution in [1.82, 2.24) is 10.6 Å². The van der Waals surface area contributed by atoms with E-state index in [2.05, 4.69) is 10.6 Å². The number of hydrogen-bond donors (Lipinski definition) is 4. The molecule has 1 fully saturated rings. The van der Waals surface area contributed by atoms with Crippen molar-refractivity contribution >= 4 is 6.03 Å². The molecule has 0 heterocycles. The van der Waals surface area contributed by atoms with Gasteiger partial charge < -0.3 is 20.8 Å². The van der Waals surface area contributed by atoms with E-state index in [1.165, 1.54) is 0 Å². The van der Waals surface area contributed by atoms with Crippen LogP contribution in [0.3, 0.4) is 0 Å². The van der Waals surface area contributed by atoms with E-state index in [1.54, 1.807) is 24.3 Å². The van der Waals surface area contributed by atoms with Crippen molar-refractivity contribution in [3.8, 4) is 5.75 Å². The first-order valence-electron chi connectivity index (χ1n) is 6.64. The standard InChI is InChI=1S/C14H20N2O3/c17-12-5-1-10(2-6-12)9-15-14(19)16-11-3-7-13(18)8-4-11/h1-2,5-6,11,13,17-18H,3-4,7-9H2,(H2,15,16,19). The summed E-state index contributed by atoms with van der Waals surface area (Å²) in [5.74, 6) is 0.217. The van der Waals surface area contributed by atoms with Gasteiger partial charge in [0.1, 0.15) is 5.75 Å². The van der Waals surface area contributed by atoms with Crippen molar-refractivity contribution in [2.75, 3.05) is 0 Å². The molecule has 0 atom stereocenters. The number of amides is 2. The monoisotopic (exact) mass is 264 g/mol. The largest absolute Gasteiger partial charge is 0.508 e. The zero-order chi connectivity index (χ0) is 13.7. The van der Waals surface area contributed by atoms with Crippen LogP contribution in [0.5, 0.6) is 5.75 Å². The minimum absolute atomic E-state index is 0.156. The Kier molecular flexibility index (Phi) is 4.63. The third-order valence-electron chi connectivity index (χ3n) is 3.42. The van der Waals surface area contributed by atoms with Crippen LogP contribution in [0.15, 0.2) is 24.3 Å². The first-order valence-corrected chi connectivity index (χ1v) is 6.64. The molecule has 2 rings (SSSR count). The SMILES string of the molecule is O=C(NCc1ccc(O)cc1)NC1CCC(O)CC1. The Morgan fingerprint density at radius 1 is 1.16 bits per heavy atom. The van der Waals surface area contributed by atoms with Crippen molar-refractivity contribution in [2.45, 2.75) is 44.4 Å². The third kappa shape index (κ3) is 4.44. The summed E-state index contributed by atoms with van der Waals surface area (Å²) in [5, 5.41) is 24.2. The summed E-state index contributed by atoms with van der Waals surface area (Å²) < 4.78 is 0. The molecule has 104 valence electrons. The lowest BCUT2D eigenvalue weighted by Crippen LogP contribution is -2.43. The van der Waals surface area contributed by atoms with Crippen LogP contribution in [0, 0.1) is 0 Å². The average molecular weight is 264 g/mol. The van der Waals surface area contributed by atoms with Crippen molar-refractivity contribution < 1.29 is 15.0 Å². The predicted octanol–water partition coefficient (Wildman–Crippen LogP) is 1.49. The summed E-state index contributed by atoms with van der Waals surface area (Å²) in [4.78, 5) is 11.7. The summed E-state index contributed by atoms with van der Waals surface area (Å²) in [6.07, 6.45) is 2.95. The number of aliphatic hydroxyl groups excluding tert-OH is 1. The molecule has 1 aliphatic carbocycles. The number of nitrogens with one attached hydrogen (secondary N) is 2. The number of rotatable bonds is 3. The van der Waals surface area contributed by atoms with Crippen LogP contribution in [0.1, 0.15) is 31.2 Å². The zero-order valence-corrected chi connectivity index (χ0v) is 10.8. The molecule has 0 aromatic heterocycles. The van der Waals surface area contributed by atoms with E-state index in [4.69, 9.17) is 5.11 Å². The molecular formula is C14H20N2O3. The molecule has 4 N–H and O–H groups in total. The Bertz CT molecular complexity index is 411. The van der Waals surface area contributed by atoms with Crippen LogP contribution >= 0.6 is 0 Å². The van der Waals surface area contributed by atoms with Gasteiger partial charge in [0.15, 0.2) is 0 Å². The van der Waals surface area contributed by atoms with Crippen LogP contribution in [-0.4, -0.2) is 28.4 Å². The molecule has 0 radical (unpaired) electrons. The lowest BCUT2D eigenvalue weighted by Gasteiger charge is -2.26. The van der Waals surface area contributed by atoms with Crippen LogP contribution in [0.4, 0.5) is 4.79 Å². The highest BCUT2D eigenvalue weighted by molar-refractivity contribution is 5.74. The van der Waals surface area contributed by atoms with Gasteiger partial charge in [-0.25, -0.2) is 4.79 Å². The summed E-state index contributed by atoms with van der Waals surface area (Å²) in [6.45, 7) is 0.432. The number of aliphatic hydroxyl groups is 1. The predicted molar refractivity (Wildman–Crippen MR) is 71.7 cm³/mol. The van der Waals surface area contributed by atoms with Crippen LogP contribution < -0.4 is 10.6 Å². The van der Waals surface area contributed by atoms with Gasteiger partial charge in [0, 0.05) is 12.6 Å². The van der Waals surface area contributed by atoms with Crippen LogP contribution in [-0.2, 0) is 6.54 Å². The smallest absolute Gasteiger partial charge is 0.315 e. The Labute approximate surface area is 112 Å². The zero-order valence-electron chi connectivity index (χ0n) is 10.8. The third-order valence-corrected chi connectivity index (χ3v) is 3.42. The summed E-state index contributed by atoms with van der Waals surface area (Å²) in [5.41, 5.74) is 0.937. The first kappa shape index (κ1) is 13.7. The number of benzene rings is 1. The van der Waals surface area contributed by atoms with Gasteiger partial charge in [-0.15, -0.1) is 0 Å². The van der Waals surface area contributed by atoms with Gasteiger partial charge in [0.2, 0.25) is 0 Å². The van der Waals surface area contributed by atoms with Crippen LogP contribution in [0.2, 0.25) is 0 Å². The minimum atomic E-state index is -0.210. The van der Waals surface area contributed by atoms with E-state index < -0.39 is 0 Å². The fraction of sp³-hybridized carbons (Fsp3) is 0.500. The molecule has 0 aliphatic heterocycles. The number of aromatic hydroxyl groups is 1. The fourth-order valence-electron chi connectivity index (χ4n) is 2.25. The van der Waals surface area contributed by atoms with Gasteiger partial charge in [0.05, 0.1) is 6.10 Å². The molecule has 2 amide bonds. The Morgan fingerprint density at radius 3 is 2.42 bits per heavy atom. The second kappa shape index (κ2) is 6.43. The number of carbonyl (C=O) groups is 1. The molecule has 0 spiro atoms. The number of hydrogen-bond acceptors (Lipinski definition) is 3. The molecule has 19 heavy (non-hydrogen) atoms. The van der Waals surface area contributed by atoms with Gasteiger partial charge in [-0.3, -0.25) is 0 Å². The quantitative estimate of drug-likeness (QED) is 0.667. The number of phenols is 1. The van der Waals surface area contributed by atoms with Gasteiger partial charge >= 0.3 is 6.03 Å². The molecule has 1 aromatic rings. The number of carbonyl (C=O) groups excluding carboxylic acids is 1. The molecule has 5 nitrogen and oxygen atoms in total. The molecule has 1 saturated carbocycles. The topological polar surface area (TPSA) is 81.6 Å². The van der Waals surface area contributed by atoms with Crippen molar-refractivity contribution in [1.29, 1.82) is 0 Å². The summed E-state index contributed by atoms with van der Waals surface area (Å²) in [6, 6.07) is 6.70.